The van der Waals surface area contributed by atoms with Crippen LogP contribution in [-0.2, 0) is 20.4 Å². The molecule has 6 nitrogen and oxygen atoms in total. The Morgan fingerprint density at radius 3 is 1.97 bits per heavy atom. The monoisotopic (exact) mass is 419 g/mol. The molecule has 0 radical (unpaired) electrons. The van der Waals surface area contributed by atoms with Crippen molar-refractivity contribution in [2.45, 2.75) is 5.75 Å². The molecule has 4 rings (SSSR count). The fourth-order valence-corrected chi connectivity index (χ4v) is 4.73. The van der Waals surface area contributed by atoms with Crippen LogP contribution in [0.15, 0.2) is 72.8 Å². The van der Waals surface area contributed by atoms with Crippen molar-refractivity contribution < 1.29 is 22.8 Å². The average molecular weight is 419 g/mol. The SMILES string of the molecule is O=C(CS(=O)(=O)Cc1ccccc1)Nc1ccc2c(c1)C(=O)c1ccccc1C2=O. The first kappa shape index (κ1) is 19.7. The van der Waals surface area contributed by atoms with Crippen molar-refractivity contribution in [1.82, 2.24) is 0 Å². The van der Waals surface area contributed by atoms with E-state index in [1.165, 1.54) is 18.2 Å². The first-order valence-corrected chi connectivity index (χ1v) is 11.0. The highest BCUT2D eigenvalue weighted by molar-refractivity contribution is 7.91. The highest BCUT2D eigenvalue weighted by Gasteiger charge is 2.29. The zero-order valence-electron chi connectivity index (χ0n) is 15.8. The van der Waals surface area contributed by atoms with E-state index >= 15 is 0 Å². The van der Waals surface area contributed by atoms with E-state index in [1.807, 2.05) is 0 Å². The smallest absolute Gasteiger partial charge is 0.239 e. The molecule has 0 unspecified atom stereocenters. The van der Waals surface area contributed by atoms with Gasteiger partial charge in [0.1, 0.15) is 5.75 Å². The van der Waals surface area contributed by atoms with Crippen LogP contribution < -0.4 is 5.32 Å². The summed E-state index contributed by atoms with van der Waals surface area (Å²) in [7, 11) is -3.66. The van der Waals surface area contributed by atoms with Crippen LogP contribution in [0.2, 0.25) is 0 Å². The summed E-state index contributed by atoms with van der Waals surface area (Å²) in [5.74, 6) is -2.21. The second-order valence-corrected chi connectivity index (χ2v) is 9.09. The van der Waals surface area contributed by atoms with Gasteiger partial charge in [0.25, 0.3) is 0 Å². The van der Waals surface area contributed by atoms with Crippen molar-refractivity contribution >= 4 is 33.0 Å². The van der Waals surface area contributed by atoms with Gasteiger partial charge >= 0.3 is 0 Å². The van der Waals surface area contributed by atoms with Crippen molar-refractivity contribution in [3.8, 4) is 0 Å². The van der Waals surface area contributed by atoms with E-state index < -0.39 is 21.5 Å². The lowest BCUT2D eigenvalue weighted by Crippen LogP contribution is -2.25. The number of carbonyl (C=O) groups is 3. The minimum absolute atomic E-state index is 0.184. The number of anilines is 1. The lowest BCUT2D eigenvalue weighted by molar-refractivity contribution is -0.113. The number of ketones is 2. The third kappa shape index (κ3) is 3.92. The van der Waals surface area contributed by atoms with E-state index in [1.54, 1.807) is 54.6 Å². The molecule has 1 amide bonds. The van der Waals surface area contributed by atoms with Gasteiger partial charge in [-0.1, -0.05) is 54.6 Å². The van der Waals surface area contributed by atoms with Gasteiger partial charge in [-0.05, 0) is 23.8 Å². The lowest BCUT2D eigenvalue weighted by atomic mass is 9.84. The van der Waals surface area contributed by atoms with Crippen LogP contribution in [0.4, 0.5) is 5.69 Å². The van der Waals surface area contributed by atoms with Gasteiger partial charge in [-0.15, -0.1) is 0 Å². The maximum absolute atomic E-state index is 12.8. The van der Waals surface area contributed by atoms with Crippen LogP contribution in [0.3, 0.4) is 0 Å². The molecule has 30 heavy (non-hydrogen) atoms. The number of rotatable bonds is 5. The van der Waals surface area contributed by atoms with E-state index in [-0.39, 0.29) is 34.1 Å². The molecule has 1 aliphatic carbocycles. The van der Waals surface area contributed by atoms with Crippen molar-refractivity contribution in [2.75, 3.05) is 11.1 Å². The van der Waals surface area contributed by atoms with Gasteiger partial charge < -0.3 is 5.32 Å². The number of carbonyl (C=O) groups excluding carboxylic acids is 3. The van der Waals surface area contributed by atoms with Gasteiger partial charge in [-0.25, -0.2) is 8.42 Å². The van der Waals surface area contributed by atoms with Gasteiger partial charge in [-0.3, -0.25) is 14.4 Å². The van der Waals surface area contributed by atoms with Crippen LogP contribution in [-0.4, -0.2) is 31.6 Å². The second-order valence-electron chi connectivity index (χ2n) is 7.03. The predicted octanol–water partition coefficient (Wildman–Crippen LogP) is 3.02. The number of nitrogens with one attached hydrogen (secondary N) is 1. The van der Waals surface area contributed by atoms with Crippen molar-refractivity contribution in [2.24, 2.45) is 0 Å². The van der Waals surface area contributed by atoms with E-state index in [0.29, 0.717) is 16.7 Å². The fourth-order valence-electron chi connectivity index (χ4n) is 3.45. The molecule has 0 saturated carbocycles. The van der Waals surface area contributed by atoms with Crippen LogP contribution in [0.1, 0.15) is 37.4 Å². The Morgan fingerprint density at radius 1 is 0.733 bits per heavy atom. The van der Waals surface area contributed by atoms with Crippen molar-refractivity contribution in [1.29, 1.82) is 0 Å². The number of sulfone groups is 1. The van der Waals surface area contributed by atoms with Crippen LogP contribution in [0, 0.1) is 0 Å². The Balaban J connectivity index is 1.52. The molecule has 1 N–H and O–H groups in total. The molecule has 3 aromatic carbocycles. The summed E-state index contributed by atoms with van der Waals surface area (Å²) in [5, 5.41) is 2.51. The highest BCUT2D eigenvalue weighted by Crippen LogP contribution is 2.29. The minimum Gasteiger partial charge on any atom is -0.325 e. The molecule has 7 heteroatoms. The molecule has 0 aliphatic heterocycles. The average Bonchev–Trinajstić information content (AvgIpc) is 2.72. The summed E-state index contributed by atoms with van der Waals surface area (Å²) in [6, 6.07) is 19.5. The summed E-state index contributed by atoms with van der Waals surface area (Å²) in [6.45, 7) is 0. The van der Waals surface area contributed by atoms with E-state index in [0.717, 1.165) is 0 Å². The molecule has 0 heterocycles. The molecule has 0 saturated heterocycles. The minimum atomic E-state index is -3.66. The number of amides is 1. The maximum Gasteiger partial charge on any atom is 0.239 e. The van der Waals surface area contributed by atoms with Gasteiger partial charge in [0.2, 0.25) is 5.91 Å². The van der Waals surface area contributed by atoms with Gasteiger partial charge in [0.15, 0.2) is 21.4 Å². The molecule has 0 aromatic heterocycles. The summed E-state index contributed by atoms with van der Waals surface area (Å²) >= 11 is 0. The number of benzene rings is 3. The van der Waals surface area contributed by atoms with Crippen LogP contribution >= 0.6 is 0 Å². The lowest BCUT2D eigenvalue weighted by Gasteiger charge is -2.18. The quantitative estimate of drug-likeness (QED) is 0.536. The Kier molecular flexibility index (Phi) is 5.05. The molecule has 3 aromatic rings. The van der Waals surface area contributed by atoms with Crippen LogP contribution in [0.5, 0.6) is 0 Å². The first-order chi connectivity index (χ1) is 14.3. The third-order valence-electron chi connectivity index (χ3n) is 4.79. The Morgan fingerprint density at radius 2 is 1.30 bits per heavy atom. The van der Waals surface area contributed by atoms with Gasteiger partial charge in [0.05, 0.1) is 5.75 Å². The molecule has 0 bridgehead atoms. The third-order valence-corrected chi connectivity index (χ3v) is 6.26. The standard InChI is InChI=1S/C23H17NO5S/c25-21(14-30(28,29)13-15-6-2-1-3-7-15)24-16-10-11-19-20(12-16)23(27)18-9-5-4-8-17(18)22(19)26/h1-12H,13-14H2,(H,24,25). The molecular formula is C23H17NO5S. The fraction of sp³-hybridized carbons (Fsp3) is 0.0870. The second kappa shape index (κ2) is 7.68. The summed E-state index contributed by atoms with van der Waals surface area (Å²) < 4.78 is 24.6. The molecule has 0 fully saturated rings. The molecule has 1 aliphatic rings. The van der Waals surface area contributed by atoms with E-state index in [2.05, 4.69) is 5.32 Å². The Hall–Kier alpha value is -3.58. The Labute approximate surface area is 173 Å². The molecule has 150 valence electrons. The number of hydrogen-bond acceptors (Lipinski definition) is 5. The normalized spacial score (nSPS) is 12.8. The molecule has 0 spiro atoms. The maximum atomic E-state index is 12.8. The van der Waals surface area contributed by atoms with Crippen molar-refractivity contribution in [3.63, 3.8) is 0 Å². The van der Waals surface area contributed by atoms with E-state index in [9.17, 15) is 22.8 Å². The molecular weight excluding hydrogens is 402 g/mol. The summed E-state index contributed by atoms with van der Waals surface area (Å²) in [5.41, 5.74) is 1.95. The predicted molar refractivity (Wildman–Crippen MR) is 112 cm³/mol. The summed E-state index contributed by atoms with van der Waals surface area (Å²) in [6.07, 6.45) is 0. The van der Waals surface area contributed by atoms with Crippen LogP contribution in [0.25, 0.3) is 0 Å². The topological polar surface area (TPSA) is 97.4 Å². The largest absolute Gasteiger partial charge is 0.325 e. The number of hydrogen-bond donors (Lipinski definition) is 1. The zero-order chi connectivity index (χ0) is 21.3. The first-order valence-electron chi connectivity index (χ1n) is 9.21. The summed E-state index contributed by atoms with van der Waals surface area (Å²) in [4.78, 5) is 37.7. The van der Waals surface area contributed by atoms with E-state index in [4.69, 9.17) is 0 Å². The zero-order valence-corrected chi connectivity index (χ0v) is 16.6. The number of fused-ring (bicyclic) bond motifs is 2. The molecule has 0 atom stereocenters. The van der Waals surface area contributed by atoms with Crippen molar-refractivity contribution in [3.05, 3.63) is 101 Å². The highest BCUT2D eigenvalue weighted by atomic mass is 32.2. The van der Waals surface area contributed by atoms with Gasteiger partial charge in [-0.2, -0.15) is 0 Å². The van der Waals surface area contributed by atoms with Gasteiger partial charge in [0, 0.05) is 27.9 Å². The Bertz CT molecular complexity index is 1280.